The smallest absolute Gasteiger partial charge is 0.409 e. The Balaban J connectivity index is 0.00000261. The van der Waals surface area contributed by atoms with E-state index in [4.69, 9.17) is 10.5 Å². The second kappa shape index (κ2) is 9.57. The molecule has 0 bridgehead atoms. The van der Waals surface area contributed by atoms with E-state index in [2.05, 4.69) is 10.3 Å². The van der Waals surface area contributed by atoms with E-state index >= 15 is 0 Å². The summed E-state index contributed by atoms with van der Waals surface area (Å²) in [5, 5.41) is 3.25. The number of likely N-dealkylation sites (tertiary alicyclic amines) is 1. The average molecular weight is 490 g/mol. The lowest BCUT2D eigenvalue weighted by Crippen LogP contribution is -2.48. The van der Waals surface area contributed by atoms with E-state index in [9.17, 15) is 9.18 Å². The van der Waals surface area contributed by atoms with Crippen molar-refractivity contribution in [2.24, 2.45) is 10.7 Å². The number of hydrogen-bond acceptors (Lipinski definition) is 3. The van der Waals surface area contributed by atoms with Gasteiger partial charge in [-0.15, -0.1) is 24.0 Å². The molecule has 1 heterocycles. The van der Waals surface area contributed by atoms with Crippen molar-refractivity contribution in [3.05, 3.63) is 35.6 Å². The predicted octanol–water partition coefficient (Wildman–Crippen LogP) is 3.00. The van der Waals surface area contributed by atoms with Crippen LogP contribution in [-0.4, -0.2) is 49.2 Å². The number of halogens is 2. The van der Waals surface area contributed by atoms with Gasteiger partial charge in [0, 0.05) is 24.5 Å². The second-order valence-corrected chi connectivity index (χ2v) is 7.10. The number of rotatable bonds is 5. The summed E-state index contributed by atoms with van der Waals surface area (Å²) in [5.74, 6) is 0.208. The lowest BCUT2D eigenvalue weighted by atomic mass is 9.96. The van der Waals surface area contributed by atoms with Gasteiger partial charge in [-0.3, -0.25) is 4.99 Å². The number of benzene rings is 1. The zero-order valence-corrected chi connectivity index (χ0v) is 17.9. The summed E-state index contributed by atoms with van der Waals surface area (Å²) in [4.78, 5) is 17.9. The summed E-state index contributed by atoms with van der Waals surface area (Å²) < 4.78 is 18.5. The van der Waals surface area contributed by atoms with Gasteiger partial charge in [-0.2, -0.15) is 0 Å². The predicted molar refractivity (Wildman–Crippen MR) is 114 cm³/mol. The molecule has 0 aromatic heterocycles. The van der Waals surface area contributed by atoms with Crippen LogP contribution in [0.15, 0.2) is 29.3 Å². The molecule has 0 atom stereocenters. The zero-order chi connectivity index (χ0) is 18.6. The van der Waals surface area contributed by atoms with Crippen LogP contribution in [0.4, 0.5) is 9.18 Å². The first kappa shape index (κ1) is 21.7. The molecular weight excluding hydrogens is 462 g/mol. The van der Waals surface area contributed by atoms with Crippen LogP contribution < -0.4 is 11.1 Å². The fourth-order valence-electron chi connectivity index (χ4n) is 3.42. The van der Waals surface area contributed by atoms with Crippen LogP contribution in [-0.2, 0) is 10.2 Å². The molecule has 1 aliphatic carbocycles. The number of ether oxygens (including phenoxy) is 1. The van der Waals surface area contributed by atoms with Crippen LogP contribution in [0, 0.1) is 5.82 Å². The van der Waals surface area contributed by atoms with Crippen LogP contribution >= 0.6 is 24.0 Å². The Bertz CT molecular complexity index is 673. The highest BCUT2D eigenvalue weighted by atomic mass is 127. The molecule has 2 fully saturated rings. The molecule has 1 aliphatic heterocycles. The summed E-state index contributed by atoms with van der Waals surface area (Å²) in [6.45, 7) is 4.06. The molecule has 2 aliphatic rings. The summed E-state index contributed by atoms with van der Waals surface area (Å²) in [5.41, 5.74) is 6.98. The van der Waals surface area contributed by atoms with Crippen LogP contribution in [0.5, 0.6) is 0 Å². The third kappa shape index (κ3) is 5.70. The molecule has 150 valence electrons. The Hall–Kier alpha value is -1.58. The number of guanidine groups is 1. The van der Waals surface area contributed by atoms with Gasteiger partial charge in [0.1, 0.15) is 5.82 Å². The van der Waals surface area contributed by atoms with E-state index in [-0.39, 0.29) is 47.3 Å². The highest BCUT2D eigenvalue weighted by molar-refractivity contribution is 14.0. The van der Waals surface area contributed by atoms with Gasteiger partial charge in [-0.1, -0.05) is 12.1 Å². The minimum Gasteiger partial charge on any atom is -0.450 e. The largest absolute Gasteiger partial charge is 0.450 e. The molecule has 0 unspecified atom stereocenters. The maximum atomic E-state index is 13.5. The van der Waals surface area contributed by atoms with E-state index < -0.39 is 0 Å². The lowest BCUT2D eigenvalue weighted by Gasteiger charge is -2.31. The van der Waals surface area contributed by atoms with Crippen LogP contribution in [0.2, 0.25) is 0 Å². The number of piperidine rings is 1. The number of amides is 1. The molecular formula is C19H28FIN4O2. The monoisotopic (exact) mass is 490 g/mol. The van der Waals surface area contributed by atoms with E-state index in [0.29, 0.717) is 32.2 Å². The minimum absolute atomic E-state index is 0. The Morgan fingerprint density at radius 1 is 1.41 bits per heavy atom. The van der Waals surface area contributed by atoms with E-state index in [0.717, 1.165) is 31.2 Å². The maximum Gasteiger partial charge on any atom is 0.409 e. The fourth-order valence-corrected chi connectivity index (χ4v) is 3.42. The first-order chi connectivity index (χ1) is 12.5. The number of carbonyl (C=O) groups is 1. The molecule has 0 spiro atoms. The first-order valence-electron chi connectivity index (χ1n) is 9.26. The second-order valence-electron chi connectivity index (χ2n) is 7.10. The molecule has 1 saturated heterocycles. The fraction of sp³-hybridized carbons (Fsp3) is 0.579. The van der Waals surface area contributed by atoms with E-state index in [1.807, 2.05) is 6.07 Å². The molecule has 1 amide bonds. The van der Waals surface area contributed by atoms with Gasteiger partial charge in [-0.05, 0) is 50.3 Å². The lowest BCUT2D eigenvalue weighted by molar-refractivity contribution is 0.0963. The van der Waals surface area contributed by atoms with Gasteiger partial charge in [-0.25, -0.2) is 9.18 Å². The molecule has 27 heavy (non-hydrogen) atoms. The van der Waals surface area contributed by atoms with Crippen molar-refractivity contribution in [2.45, 2.75) is 44.1 Å². The molecule has 0 radical (unpaired) electrons. The topological polar surface area (TPSA) is 80.0 Å². The summed E-state index contributed by atoms with van der Waals surface area (Å²) in [6.07, 6.45) is 3.38. The van der Waals surface area contributed by atoms with E-state index in [1.54, 1.807) is 24.0 Å². The number of nitrogens with zero attached hydrogens (tertiary/aromatic N) is 2. The van der Waals surface area contributed by atoms with Gasteiger partial charge < -0.3 is 20.7 Å². The van der Waals surface area contributed by atoms with Crippen LogP contribution in [0.25, 0.3) is 0 Å². The van der Waals surface area contributed by atoms with Crippen molar-refractivity contribution >= 4 is 36.0 Å². The summed E-state index contributed by atoms with van der Waals surface area (Å²) >= 11 is 0. The summed E-state index contributed by atoms with van der Waals surface area (Å²) in [6, 6.07) is 6.96. The van der Waals surface area contributed by atoms with Crippen molar-refractivity contribution in [2.75, 3.05) is 26.2 Å². The Labute approximate surface area is 176 Å². The number of nitrogens with one attached hydrogen (secondary N) is 1. The van der Waals surface area contributed by atoms with Gasteiger partial charge in [0.2, 0.25) is 0 Å². The highest BCUT2D eigenvalue weighted by Gasteiger charge is 2.44. The Morgan fingerprint density at radius 3 is 2.70 bits per heavy atom. The number of hydrogen-bond donors (Lipinski definition) is 2. The standard InChI is InChI=1S/C19H27FN4O2.HI/c1-2-26-18(25)24-10-6-16(7-11-24)23-17(21)22-13-19(8-9-19)14-4-3-5-15(20)12-14;/h3-5,12,16H,2,6-11,13H2,1H3,(H3,21,22,23);1H. The van der Waals surface area contributed by atoms with Crippen molar-refractivity contribution in [3.8, 4) is 0 Å². The molecule has 8 heteroatoms. The maximum absolute atomic E-state index is 13.5. The van der Waals surface area contributed by atoms with Crippen molar-refractivity contribution < 1.29 is 13.9 Å². The van der Waals surface area contributed by atoms with Gasteiger partial charge in [0.05, 0.1) is 13.2 Å². The molecule has 3 rings (SSSR count). The quantitative estimate of drug-likeness (QED) is 0.378. The van der Waals surface area contributed by atoms with Gasteiger partial charge in [0.25, 0.3) is 0 Å². The normalized spacial score (nSPS) is 19.2. The van der Waals surface area contributed by atoms with Crippen LogP contribution in [0.3, 0.4) is 0 Å². The average Bonchev–Trinajstić information content (AvgIpc) is 3.42. The molecule has 1 aromatic carbocycles. The first-order valence-corrected chi connectivity index (χ1v) is 9.26. The number of aliphatic imine (C=N–C) groups is 1. The van der Waals surface area contributed by atoms with Crippen molar-refractivity contribution in [1.29, 1.82) is 0 Å². The number of nitrogens with two attached hydrogens (primary N) is 1. The van der Waals surface area contributed by atoms with Gasteiger partial charge >= 0.3 is 6.09 Å². The molecule has 1 aromatic rings. The summed E-state index contributed by atoms with van der Waals surface area (Å²) in [7, 11) is 0. The van der Waals surface area contributed by atoms with Gasteiger partial charge in [0.15, 0.2) is 5.96 Å². The van der Waals surface area contributed by atoms with Crippen molar-refractivity contribution in [3.63, 3.8) is 0 Å². The third-order valence-corrected chi connectivity index (χ3v) is 5.22. The molecule has 1 saturated carbocycles. The highest BCUT2D eigenvalue weighted by Crippen LogP contribution is 2.48. The minimum atomic E-state index is -0.252. The Kier molecular flexibility index (Phi) is 7.69. The Morgan fingerprint density at radius 2 is 2.11 bits per heavy atom. The van der Waals surface area contributed by atoms with E-state index in [1.165, 1.54) is 6.07 Å². The molecule has 6 nitrogen and oxygen atoms in total. The number of carbonyl (C=O) groups excluding carboxylic acids is 1. The van der Waals surface area contributed by atoms with Crippen molar-refractivity contribution in [1.82, 2.24) is 10.2 Å². The third-order valence-electron chi connectivity index (χ3n) is 5.22. The zero-order valence-electron chi connectivity index (χ0n) is 15.6. The van der Waals surface area contributed by atoms with Crippen LogP contribution in [0.1, 0.15) is 38.2 Å². The SMILES string of the molecule is CCOC(=O)N1CCC(NC(N)=NCC2(c3cccc(F)c3)CC2)CC1.I. The molecule has 3 N–H and O–H groups in total.